The predicted octanol–water partition coefficient (Wildman–Crippen LogP) is 2.61. The predicted molar refractivity (Wildman–Crippen MR) is 256 cm³/mol. The van der Waals surface area contributed by atoms with Crippen LogP contribution in [0.5, 0.6) is 0 Å². The number of nitrogens with one attached hydrogen (secondary N) is 8. The van der Waals surface area contributed by atoms with E-state index in [1.807, 2.05) is 48.5 Å². The maximum Gasteiger partial charge on any atom is 0.245 e. The first-order chi connectivity index (χ1) is 32.3. The van der Waals surface area contributed by atoms with Gasteiger partial charge in [0.1, 0.15) is 30.5 Å². The van der Waals surface area contributed by atoms with Gasteiger partial charge in [-0.3, -0.25) is 34.2 Å². The average molecular weight is 927 g/mol. The lowest BCUT2D eigenvalue weighted by atomic mass is 9.61. The normalized spacial score (nSPS) is 19.0. The molecule has 6 atom stereocenters. The van der Waals surface area contributed by atoms with Gasteiger partial charge < -0.3 is 52.6 Å². The fraction of sp³-hybridized carbons (Fsp3) is 0.600. The van der Waals surface area contributed by atoms with Gasteiger partial charge in [-0.1, -0.05) is 99.2 Å². The molecule has 0 bridgehead atoms. The molecule has 1 heterocycles. The molecule has 2 saturated carbocycles. The molecule has 0 spiro atoms. The molecule has 5 rings (SSSR count). The molecule has 3 aliphatic rings. The average Bonchev–Trinajstić information content (AvgIpc) is 3.81. The lowest BCUT2D eigenvalue weighted by molar-refractivity contribution is -0.142. The molecule has 10 N–H and O–H groups in total. The summed E-state index contributed by atoms with van der Waals surface area (Å²) in [6.45, 7) is 2.19. The van der Waals surface area contributed by atoms with Gasteiger partial charge in [-0.2, -0.15) is 0 Å². The summed E-state index contributed by atoms with van der Waals surface area (Å²) in [6.07, 6.45) is 12.1. The molecule has 0 unspecified atom stereocenters. The summed E-state index contributed by atoms with van der Waals surface area (Å²) in [5, 5.41) is 27.6. The molecular formula is C50H74N10O7. The van der Waals surface area contributed by atoms with Crippen molar-refractivity contribution in [3.8, 4) is 0 Å². The quantitative estimate of drug-likeness (QED) is 0.0289. The number of likely N-dealkylation sites (tertiary alicyclic amines) is 1. The number of nitrogens with two attached hydrogens (primary N) is 1. The Morgan fingerprint density at radius 1 is 0.746 bits per heavy atom. The Labute approximate surface area is 395 Å². The fourth-order valence-corrected chi connectivity index (χ4v) is 10.0. The highest BCUT2D eigenvalue weighted by Crippen LogP contribution is 2.47. The van der Waals surface area contributed by atoms with Crippen molar-refractivity contribution in [2.24, 2.45) is 11.7 Å². The number of rotatable bonds is 26. The summed E-state index contributed by atoms with van der Waals surface area (Å²) in [5.74, 6) is -2.54. The Hall–Kier alpha value is -5.84. The highest BCUT2D eigenvalue weighted by Gasteiger charge is 2.43. The molecule has 1 saturated heterocycles. The maximum atomic E-state index is 14.7. The molecule has 17 heteroatoms. The molecule has 2 aliphatic carbocycles. The number of likely N-dealkylation sites (N-methyl/N-ethyl adjacent to an activating group) is 1. The smallest absolute Gasteiger partial charge is 0.245 e. The second kappa shape index (κ2) is 26.5. The number of aldehydes is 1. The van der Waals surface area contributed by atoms with Crippen molar-refractivity contribution >= 4 is 47.7 Å². The van der Waals surface area contributed by atoms with Crippen LogP contribution in [-0.4, -0.2) is 116 Å². The first-order valence-electron chi connectivity index (χ1n) is 24.4. The molecule has 6 amide bonds. The van der Waals surface area contributed by atoms with Crippen LogP contribution >= 0.6 is 0 Å². The number of nitrogens with zero attached hydrogens (tertiary/aromatic N) is 1. The van der Waals surface area contributed by atoms with E-state index in [4.69, 9.17) is 11.1 Å². The van der Waals surface area contributed by atoms with Gasteiger partial charge in [0.25, 0.3) is 0 Å². The van der Waals surface area contributed by atoms with Crippen LogP contribution in [0, 0.1) is 11.3 Å². The van der Waals surface area contributed by atoms with Crippen LogP contribution in [0.25, 0.3) is 0 Å². The number of hydrogen-bond acceptors (Lipinski definition) is 9. The molecule has 67 heavy (non-hydrogen) atoms. The molecule has 1 aliphatic heterocycles. The van der Waals surface area contributed by atoms with Crippen LogP contribution in [0.15, 0.2) is 60.7 Å². The fourth-order valence-electron chi connectivity index (χ4n) is 10.0. The van der Waals surface area contributed by atoms with Crippen molar-refractivity contribution in [2.45, 2.75) is 158 Å². The molecule has 3 fully saturated rings. The van der Waals surface area contributed by atoms with Crippen molar-refractivity contribution in [2.75, 3.05) is 26.7 Å². The number of carbonyl (C=O) groups excluding carboxylic acids is 7. The van der Waals surface area contributed by atoms with E-state index in [0.29, 0.717) is 51.5 Å². The van der Waals surface area contributed by atoms with Crippen molar-refractivity contribution in [3.05, 3.63) is 71.8 Å². The third-order valence-electron chi connectivity index (χ3n) is 13.8. The first-order valence-corrected chi connectivity index (χ1v) is 24.4. The van der Waals surface area contributed by atoms with Gasteiger partial charge in [0, 0.05) is 33.0 Å². The number of benzene rings is 2. The largest absolute Gasteiger partial charge is 0.370 e. The lowest BCUT2D eigenvalue weighted by Crippen LogP contribution is -2.59. The first kappa shape index (κ1) is 52.1. The summed E-state index contributed by atoms with van der Waals surface area (Å²) < 4.78 is 0. The van der Waals surface area contributed by atoms with Crippen LogP contribution in [-0.2, 0) is 45.4 Å². The summed E-state index contributed by atoms with van der Waals surface area (Å²) in [6, 6.07) is 14.1. The van der Waals surface area contributed by atoms with E-state index >= 15 is 0 Å². The minimum absolute atomic E-state index is 0.116. The summed E-state index contributed by atoms with van der Waals surface area (Å²) >= 11 is 0. The summed E-state index contributed by atoms with van der Waals surface area (Å²) in [4.78, 5) is 96.8. The van der Waals surface area contributed by atoms with Crippen molar-refractivity contribution in [1.29, 1.82) is 5.41 Å². The highest BCUT2D eigenvalue weighted by molar-refractivity contribution is 5.96. The Bertz CT molecular complexity index is 1960. The third-order valence-corrected chi connectivity index (χ3v) is 13.8. The van der Waals surface area contributed by atoms with Gasteiger partial charge >= 0.3 is 0 Å². The Balaban J connectivity index is 1.30. The molecule has 0 aromatic heterocycles. The standard InChI is InChI=1S/C50H74N10O7/c1-34(62)56-41(30-35-16-6-3-7-17-35)46(65)58-40(23-13-27-54-44(63)39(53-2)22-12-28-55-49(51)52)48(67)60-29-14-24-43(60)47(66)59-42(31-36-18-8-4-9-19-36)45(64)57-38(33-61)32-50(25-15-26-50)37-20-10-5-11-21-37/h3,5-7,10-11,16-17,20-21,33,36,38-43,53H,4,8-9,12-15,18-19,22-32H2,1-2H3,(H,54,63)(H,56,62)(H,57,64)(H,58,65)(H,59,66)(H4,51,52,55)/t38-,39-,40-,41-,42+,43-/m0/s1. The Morgan fingerprint density at radius 2 is 1.39 bits per heavy atom. The highest BCUT2D eigenvalue weighted by atomic mass is 16.2. The maximum absolute atomic E-state index is 14.7. The van der Waals surface area contributed by atoms with Gasteiger partial charge in [-0.15, -0.1) is 0 Å². The molecule has 0 radical (unpaired) electrons. The zero-order chi connectivity index (χ0) is 48.2. The molecule has 2 aromatic rings. The van der Waals surface area contributed by atoms with Gasteiger partial charge in [0.05, 0.1) is 12.1 Å². The molecule has 366 valence electrons. The summed E-state index contributed by atoms with van der Waals surface area (Å²) in [5.41, 5.74) is 7.11. The zero-order valence-electron chi connectivity index (χ0n) is 39.4. The van der Waals surface area contributed by atoms with Crippen LogP contribution in [0.3, 0.4) is 0 Å². The minimum Gasteiger partial charge on any atom is -0.370 e. The molecule has 17 nitrogen and oxygen atoms in total. The third kappa shape index (κ3) is 15.9. The van der Waals surface area contributed by atoms with Crippen LogP contribution in [0.4, 0.5) is 0 Å². The van der Waals surface area contributed by atoms with Crippen LogP contribution in [0.1, 0.15) is 121 Å². The van der Waals surface area contributed by atoms with E-state index < -0.39 is 65.8 Å². The van der Waals surface area contributed by atoms with Gasteiger partial charge in [0.15, 0.2) is 5.96 Å². The lowest BCUT2D eigenvalue weighted by Gasteiger charge is -2.44. The number of hydrogen-bond donors (Lipinski definition) is 9. The van der Waals surface area contributed by atoms with Gasteiger partial charge in [-0.25, -0.2) is 0 Å². The van der Waals surface area contributed by atoms with E-state index in [1.165, 1.54) is 11.8 Å². The number of guanidine groups is 1. The van der Waals surface area contributed by atoms with E-state index in [0.717, 1.165) is 68.8 Å². The monoisotopic (exact) mass is 927 g/mol. The van der Waals surface area contributed by atoms with Crippen molar-refractivity contribution in [1.82, 2.24) is 42.1 Å². The molecule has 2 aromatic carbocycles. The van der Waals surface area contributed by atoms with E-state index in [-0.39, 0.29) is 49.1 Å². The topological polar surface area (TPSA) is 257 Å². The van der Waals surface area contributed by atoms with Gasteiger partial charge in [-0.05, 0) is 93.7 Å². The summed E-state index contributed by atoms with van der Waals surface area (Å²) in [7, 11) is 1.68. The number of carbonyl (C=O) groups is 7. The minimum atomic E-state index is -1.11. The zero-order valence-corrected chi connectivity index (χ0v) is 39.4. The van der Waals surface area contributed by atoms with Gasteiger partial charge in [0.2, 0.25) is 35.4 Å². The SMILES string of the molecule is CN[C@@H](CCCNC(=N)N)C(=O)NCCC[C@H](NC(=O)[C@H](Cc1ccccc1)NC(C)=O)C(=O)N1CCC[C@H]1C(=O)N[C@H](CC1CCCCC1)C(=O)N[C@H](C=O)CC1(c2ccccc2)CCC1. The van der Waals surface area contributed by atoms with Crippen LogP contribution < -0.4 is 43.0 Å². The van der Waals surface area contributed by atoms with E-state index in [1.54, 1.807) is 7.05 Å². The second-order valence-corrected chi connectivity index (χ2v) is 18.7. The van der Waals surface area contributed by atoms with Crippen LogP contribution in [0.2, 0.25) is 0 Å². The Kier molecular flexibility index (Phi) is 20.6. The van der Waals surface area contributed by atoms with E-state index in [2.05, 4.69) is 49.4 Å². The second-order valence-electron chi connectivity index (χ2n) is 18.7. The van der Waals surface area contributed by atoms with E-state index in [9.17, 15) is 33.6 Å². The molecular weight excluding hydrogens is 853 g/mol. The number of amides is 6. The van der Waals surface area contributed by atoms with Crippen molar-refractivity contribution < 1.29 is 33.6 Å². The van der Waals surface area contributed by atoms with Crippen molar-refractivity contribution in [3.63, 3.8) is 0 Å². The Morgan fingerprint density at radius 3 is 2.00 bits per heavy atom.